The molecule has 0 aliphatic carbocycles. The average molecular weight is 705 g/mol. The highest BCUT2D eigenvalue weighted by Gasteiger charge is 2.51. The van der Waals surface area contributed by atoms with Crippen LogP contribution >= 0.6 is 11.6 Å². The fraction of sp³-hybridized carbons (Fsp3) is 0.590. The predicted molar refractivity (Wildman–Crippen MR) is 189 cm³/mol. The molecule has 1 aromatic heterocycles. The number of fused-ring (bicyclic) bond motifs is 1. The lowest BCUT2D eigenvalue weighted by molar-refractivity contribution is -0.192. The van der Waals surface area contributed by atoms with E-state index in [1.54, 1.807) is 39.0 Å². The smallest absolute Gasteiger partial charge is 0.416 e. The quantitative estimate of drug-likeness (QED) is 0.133. The van der Waals surface area contributed by atoms with Crippen molar-refractivity contribution in [3.05, 3.63) is 64.4 Å². The number of carboxylic acid groups (broad SMARTS) is 1. The number of benzene rings is 2. The number of nitrogens with zero attached hydrogens (tertiary/aromatic N) is 2. The van der Waals surface area contributed by atoms with Gasteiger partial charge in [-0.3, -0.25) is 0 Å². The van der Waals surface area contributed by atoms with Gasteiger partial charge in [0.05, 0.1) is 34.7 Å². The monoisotopic (exact) mass is 704 g/mol. The maximum absolute atomic E-state index is 15.1. The summed E-state index contributed by atoms with van der Waals surface area (Å²) in [6.07, 6.45) is 12.0. The molecule has 0 saturated carbocycles. The number of unbranched alkanes of at least 4 members (excludes halogenated alkanes) is 11. The van der Waals surface area contributed by atoms with Crippen LogP contribution in [0, 0.1) is 0 Å². The number of aryl methyl sites for hydroxylation is 1. The standard InChI is InChI=1S/C39H52ClF3N2O4/c1-5-6-7-8-9-10-11-12-13-14-15-16-23-38(36(46)47,49-37(2,3)4)35-31(39(41,42)43)20-21-32(45-27-30(40)26-44-45)34(35)29-19-22-33-28(25-29)18-17-24-48-33/h19-22,25-27H,5-18,23-24H2,1-4H3,(H,46,47). The van der Waals surface area contributed by atoms with Gasteiger partial charge in [-0.2, -0.15) is 18.3 Å². The summed E-state index contributed by atoms with van der Waals surface area (Å²) in [4.78, 5) is 13.6. The van der Waals surface area contributed by atoms with E-state index in [1.165, 1.54) is 61.7 Å². The van der Waals surface area contributed by atoms with Gasteiger partial charge in [-0.25, -0.2) is 9.48 Å². The number of halogens is 4. The Labute approximate surface area is 294 Å². The van der Waals surface area contributed by atoms with Crippen LogP contribution in [0.4, 0.5) is 13.2 Å². The number of carbonyl (C=O) groups is 1. The zero-order chi connectivity index (χ0) is 35.7. The second-order valence-corrected chi connectivity index (χ2v) is 14.7. The van der Waals surface area contributed by atoms with E-state index in [2.05, 4.69) is 12.0 Å². The molecule has 3 aromatic rings. The summed E-state index contributed by atoms with van der Waals surface area (Å²) >= 11 is 6.24. The van der Waals surface area contributed by atoms with Crippen LogP contribution in [-0.4, -0.2) is 33.1 Å². The topological polar surface area (TPSA) is 73.6 Å². The maximum Gasteiger partial charge on any atom is 0.416 e. The Morgan fingerprint density at radius 1 is 0.959 bits per heavy atom. The lowest BCUT2D eigenvalue weighted by Gasteiger charge is -2.40. The van der Waals surface area contributed by atoms with Crippen LogP contribution in [0.15, 0.2) is 42.7 Å². The van der Waals surface area contributed by atoms with Crippen LogP contribution in [0.1, 0.15) is 134 Å². The first-order valence-corrected chi connectivity index (χ1v) is 18.3. The minimum atomic E-state index is -4.87. The van der Waals surface area contributed by atoms with Crippen LogP contribution in [0.5, 0.6) is 5.75 Å². The molecule has 0 fully saturated rings. The first-order valence-electron chi connectivity index (χ1n) is 17.9. The number of carboxylic acids is 1. The fourth-order valence-electron chi connectivity index (χ4n) is 6.90. The highest BCUT2D eigenvalue weighted by atomic mass is 35.5. The van der Waals surface area contributed by atoms with Crippen molar-refractivity contribution in [1.82, 2.24) is 9.78 Å². The predicted octanol–water partition coefficient (Wildman–Crippen LogP) is 11.7. The van der Waals surface area contributed by atoms with Gasteiger partial charge < -0.3 is 14.6 Å². The second kappa shape index (κ2) is 17.3. The van der Waals surface area contributed by atoms with Crippen molar-refractivity contribution < 1.29 is 32.5 Å². The third kappa shape index (κ3) is 10.3. The van der Waals surface area contributed by atoms with E-state index in [0.29, 0.717) is 37.2 Å². The maximum atomic E-state index is 15.1. The summed E-state index contributed by atoms with van der Waals surface area (Å²) in [6.45, 7) is 7.79. The van der Waals surface area contributed by atoms with Gasteiger partial charge in [0.2, 0.25) is 0 Å². The Morgan fingerprint density at radius 2 is 1.59 bits per heavy atom. The Kier molecular flexibility index (Phi) is 13.6. The summed E-state index contributed by atoms with van der Waals surface area (Å²) < 4.78 is 59.0. The molecular weight excluding hydrogens is 653 g/mol. The summed E-state index contributed by atoms with van der Waals surface area (Å²) in [5, 5.41) is 15.7. The minimum absolute atomic E-state index is 0.0913. The molecule has 10 heteroatoms. The molecule has 2 heterocycles. The number of aliphatic carboxylic acids is 1. The van der Waals surface area contributed by atoms with Gasteiger partial charge in [-0.15, -0.1) is 0 Å². The molecule has 1 aliphatic rings. The normalized spacial score (nSPS) is 14.7. The van der Waals surface area contributed by atoms with E-state index in [4.69, 9.17) is 21.1 Å². The molecular formula is C39H52ClF3N2O4. The first-order chi connectivity index (χ1) is 23.3. The molecule has 0 bridgehead atoms. The van der Waals surface area contributed by atoms with Crippen molar-refractivity contribution in [2.45, 2.75) is 141 Å². The van der Waals surface area contributed by atoms with Crippen molar-refractivity contribution in [3.63, 3.8) is 0 Å². The van der Waals surface area contributed by atoms with Crippen LogP contribution in [0.2, 0.25) is 5.02 Å². The number of rotatable bonds is 18. The Bertz CT molecular complexity index is 1530. The van der Waals surface area contributed by atoms with Gasteiger partial charge >= 0.3 is 12.1 Å². The second-order valence-electron chi connectivity index (χ2n) is 14.2. The SMILES string of the molecule is CCCCCCCCCCCCCCC(OC(C)(C)C)(C(=O)O)c1c(C(F)(F)F)ccc(-n2cc(Cl)cn2)c1-c1ccc2c(c1)CCCO2. The summed E-state index contributed by atoms with van der Waals surface area (Å²) in [6, 6.07) is 7.50. The van der Waals surface area contributed by atoms with Gasteiger partial charge in [0.1, 0.15) is 5.75 Å². The van der Waals surface area contributed by atoms with Crippen LogP contribution in [0.3, 0.4) is 0 Å². The number of ether oxygens (including phenoxy) is 2. The molecule has 6 nitrogen and oxygen atoms in total. The molecule has 49 heavy (non-hydrogen) atoms. The van der Waals surface area contributed by atoms with E-state index in [1.807, 2.05) is 0 Å². The van der Waals surface area contributed by atoms with Gasteiger partial charge in [-0.1, -0.05) is 95.2 Å². The van der Waals surface area contributed by atoms with E-state index in [9.17, 15) is 9.90 Å². The van der Waals surface area contributed by atoms with Crippen molar-refractivity contribution in [2.24, 2.45) is 0 Å². The number of aromatic nitrogens is 2. The number of hydrogen-bond donors (Lipinski definition) is 1. The molecule has 0 amide bonds. The van der Waals surface area contributed by atoms with Crippen molar-refractivity contribution in [2.75, 3.05) is 6.61 Å². The molecule has 2 aromatic carbocycles. The molecule has 0 radical (unpaired) electrons. The van der Waals surface area contributed by atoms with Gasteiger partial charge in [-0.05, 0) is 81.8 Å². The van der Waals surface area contributed by atoms with Gasteiger partial charge in [0, 0.05) is 17.3 Å². The minimum Gasteiger partial charge on any atom is -0.493 e. The van der Waals surface area contributed by atoms with E-state index < -0.39 is 34.5 Å². The lowest BCUT2D eigenvalue weighted by atomic mass is 9.78. The number of alkyl halides is 3. The third-order valence-corrected chi connectivity index (χ3v) is 9.29. The van der Waals surface area contributed by atoms with Gasteiger partial charge in [0.25, 0.3) is 0 Å². The zero-order valence-corrected chi connectivity index (χ0v) is 30.2. The molecule has 1 aliphatic heterocycles. The fourth-order valence-corrected chi connectivity index (χ4v) is 7.04. The summed E-state index contributed by atoms with van der Waals surface area (Å²) in [5.74, 6) is -0.798. The third-order valence-electron chi connectivity index (χ3n) is 9.10. The molecule has 1 unspecified atom stereocenters. The lowest BCUT2D eigenvalue weighted by Crippen LogP contribution is -2.46. The molecule has 1 N–H and O–H groups in total. The highest BCUT2D eigenvalue weighted by molar-refractivity contribution is 6.30. The van der Waals surface area contributed by atoms with E-state index >= 15 is 13.2 Å². The molecule has 270 valence electrons. The largest absolute Gasteiger partial charge is 0.493 e. The summed E-state index contributed by atoms with van der Waals surface area (Å²) in [7, 11) is 0. The Morgan fingerprint density at radius 3 is 2.14 bits per heavy atom. The van der Waals surface area contributed by atoms with Crippen LogP contribution < -0.4 is 4.74 Å². The van der Waals surface area contributed by atoms with E-state index in [0.717, 1.165) is 43.7 Å². The van der Waals surface area contributed by atoms with Gasteiger partial charge in [0.15, 0.2) is 5.60 Å². The van der Waals surface area contributed by atoms with Crippen LogP contribution in [-0.2, 0) is 27.7 Å². The molecule has 0 saturated heterocycles. The average Bonchev–Trinajstić information content (AvgIpc) is 3.48. The molecule has 0 spiro atoms. The van der Waals surface area contributed by atoms with Crippen molar-refractivity contribution in [3.8, 4) is 22.6 Å². The highest BCUT2D eigenvalue weighted by Crippen LogP contribution is 2.50. The van der Waals surface area contributed by atoms with E-state index in [-0.39, 0.29) is 22.7 Å². The number of hydrogen-bond acceptors (Lipinski definition) is 4. The Hall–Kier alpha value is -3.04. The Balaban J connectivity index is 1.77. The molecule has 4 rings (SSSR count). The first kappa shape index (κ1) is 38.8. The summed E-state index contributed by atoms with van der Waals surface area (Å²) in [5.41, 5.74) is -3.27. The van der Waals surface area contributed by atoms with Crippen LogP contribution in [0.25, 0.3) is 16.8 Å². The zero-order valence-electron chi connectivity index (χ0n) is 29.4. The molecule has 1 atom stereocenters. The van der Waals surface area contributed by atoms with Crippen molar-refractivity contribution >= 4 is 17.6 Å². The van der Waals surface area contributed by atoms with Crippen molar-refractivity contribution in [1.29, 1.82) is 0 Å².